The van der Waals surface area contributed by atoms with E-state index in [1.807, 2.05) is 31.2 Å². The molecule has 3 N–H and O–H groups in total. The van der Waals surface area contributed by atoms with Crippen LogP contribution in [-0.4, -0.2) is 26.9 Å². The highest BCUT2D eigenvalue weighted by molar-refractivity contribution is 6.30. The topological polar surface area (TPSA) is 94.8 Å². The van der Waals surface area contributed by atoms with E-state index in [1.54, 1.807) is 6.07 Å². The van der Waals surface area contributed by atoms with Crippen LogP contribution < -0.4 is 5.43 Å². The number of carboxylic acid groups (broad SMARTS) is 1. The fourth-order valence-electron chi connectivity index (χ4n) is 3.20. The molecule has 2 aromatic carbocycles. The normalized spacial score (nSPS) is 16.2. The molecule has 0 saturated heterocycles. The van der Waals surface area contributed by atoms with E-state index in [0.717, 1.165) is 22.0 Å². The highest BCUT2D eigenvalue weighted by atomic mass is 35.5. The standard InChI is InChI=1S/C20H16ClN3O3/c1-10-2-3-11-7-13(19(21)22-15(11)6-10)17-9-16(23-24-17)12-4-5-18(25)14(8-12)20(26)27/h2-8,17,24-25H,9H2,1H3,(H,26,27). The Hall–Kier alpha value is -3.12. The Labute approximate surface area is 160 Å². The number of aromatic hydroxyl groups is 1. The number of carbonyl (C=O) groups is 1. The molecular weight excluding hydrogens is 366 g/mol. The van der Waals surface area contributed by atoms with E-state index in [2.05, 4.69) is 15.5 Å². The van der Waals surface area contributed by atoms with Crippen LogP contribution in [0, 0.1) is 6.92 Å². The number of benzene rings is 2. The predicted octanol–water partition coefficient (Wildman–Crippen LogP) is 4.04. The summed E-state index contributed by atoms with van der Waals surface area (Å²) in [6, 6.07) is 12.3. The van der Waals surface area contributed by atoms with Crippen LogP contribution in [0.25, 0.3) is 10.9 Å². The van der Waals surface area contributed by atoms with Gasteiger partial charge in [-0.3, -0.25) is 0 Å². The van der Waals surface area contributed by atoms with Gasteiger partial charge in [0.1, 0.15) is 16.5 Å². The van der Waals surface area contributed by atoms with Crippen molar-refractivity contribution in [2.75, 3.05) is 0 Å². The molecule has 1 unspecified atom stereocenters. The Bertz CT molecular complexity index is 1110. The third kappa shape index (κ3) is 3.19. The van der Waals surface area contributed by atoms with Crippen molar-refractivity contribution >= 4 is 34.2 Å². The minimum absolute atomic E-state index is 0.153. The molecule has 0 spiro atoms. The Morgan fingerprint density at radius 3 is 2.81 bits per heavy atom. The van der Waals surface area contributed by atoms with Crippen LogP contribution in [0.1, 0.15) is 39.5 Å². The average Bonchev–Trinajstić information content (AvgIpc) is 3.11. The van der Waals surface area contributed by atoms with Gasteiger partial charge in [0, 0.05) is 17.4 Å². The predicted molar refractivity (Wildman–Crippen MR) is 104 cm³/mol. The molecular formula is C20H16ClN3O3. The molecule has 0 aliphatic carbocycles. The fraction of sp³-hybridized carbons (Fsp3) is 0.150. The number of hydrogen-bond acceptors (Lipinski definition) is 5. The maximum absolute atomic E-state index is 11.2. The van der Waals surface area contributed by atoms with E-state index in [4.69, 9.17) is 11.6 Å². The maximum Gasteiger partial charge on any atom is 0.339 e. The van der Waals surface area contributed by atoms with Crippen LogP contribution in [0.2, 0.25) is 5.15 Å². The molecule has 7 heteroatoms. The molecule has 0 fully saturated rings. The van der Waals surface area contributed by atoms with Gasteiger partial charge in [-0.05, 0) is 48.4 Å². The Kier molecular flexibility index (Phi) is 4.20. The van der Waals surface area contributed by atoms with Crippen molar-refractivity contribution in [3.05, 3.63) is 69.9 Å². The molecule has 2 heterocycles. The number of aromatic carboxylic acids is 1. The second-order valence-electron chi connectivity index (χ2n) is 6.55. The van der Waals surface area contributed by atoms with E-state index in [1.165, 1.54) is 12.1 Å². The first-order chi connectivity index (χ1) is 12.9. The first-order valence-corrected chi connectivity index (χ1v) is 8.76. The highest BCUT2D eigenvalue weighted by Gasteiger charge is 2.25. The van der Waals surface area contributed by atoms with Crippen molar-refractivity contribution in [1.82, 2.24) is 10.4 Å². The lowest BCUT2D eigenvalue weighted by atomic mass is 9.97. The summed E-state index contributed by atoms with van der Waals surface area (Å²) in [5, 5.41) is 24.6. The summed E-state index contributed by atoms with van der Waals surface area (Å²) in [6.45, 7) is 2.00. The van der Waals surface area contributed by atoms with Gasteiger partial charge in [0.05, 0.1) is 17.3 Å². The zero-order valence-electron chi connectivity index (χ0n) is 14.4. The molecule has 1 atom stereocenters. The third-order valence-corrected chi connectivity index (χ3v) is 4.94. The quantitative estimate of drug-likeness (QED) is 0.595. The molecule has 0 bridgehead atoms. The largest absolute Gasteiger partial charge is 0.507 e. The monoisotopic (exact) mass is 381 g/mol. The van der Waals surface area contributed by atoms with Crippen molar-refractivity contribution in [1.29, 1.82) is 0 Å². The first-order valence-electron chi connectivity index (χ1n) is 8.38. The number of carboxylic acids is 1. The molecule has 1 aliphatic heterocycles. The fourth-order valence-corrected chi connectivity index (χ4v) is 3.48. The molecule has 136 valence electrons. The maximum atomic E-state index is 11.2. The van der Waals surface area contributed by atoms with E-state index in [0.29, 0.717) is 22.8 Å². The number of rotatable bonds is 3. The highest BCUT2D eigenvalue weighted by Crippen LogP contribution is 2.32. The summed E-state index contributed by atoms with van der Waals surface area (Å²) < 4.78 is 0. The summed E-state index contributed by atoms with van der Waals surface area (Å²) in [5.74, 6) is -1.46. The summed E-state index contributed by atoms with van der Waals surface area (Å²) in [6.07, 6.45) is 0.530. The zero-order valence-corrected chi connectivity index (χ0v) is 15.2. The van der Waals surface area contributed by atoms with Crippen LogP contribution in [0.3, 0.4) is 0 Å². The molecule has 4 rings (SSSR count). The number of aryl methyl sites for hydroxylation is 1. The number of phenols is 1. The Morgan fingerprint density at radius 1 is 1.22 bits per heavy atom. The van der Waals surface area contributed by atoms with Crippen LogP contribution >= 0.6 is 11.6 Å². The van der Waals surface area contributed by atoms with Gasteiger partial charge in [-0.25, -0.2) is 9.78 Å². The van der Waals surface area contributed by atoms with Crippen LogP contribution in [0.5, 0.6) is 5.75 Å². The third-order valence-electron chi connectivity index (χ3n) is 4.64. The number of hydrazone groups is 1. The van der Waals surface area contributed by atoms with Gasteiger partial charge in [-0.2, -0.15) is 5.10 Å². The van der Waals surface area contributed by atoms with Crippen molar-refractivity contribution < 1.29 is 15.0 Å². The number of aromatic nitrogens is 1. The molecule has 1 aliphatic rings. The number of hydrogen-bond donors (Lipinski definition) is 3. The summed E-state index contributed by atoms with van der Waals surface area (Å²) in [7, 11) is 0. The molecule has 3 aromatic rings. The Balaban J connectivity index is 1.64. The average molecular weight is 382 g/mol. The smallest absolute Gasteiger partial charge is 0.339 e. The molecule has 1 aromatic heterocycles. The summed E-state index contributed by atoms with van der Waals surface area (Å²) >= 11 is 6.40. The first kappa shape index (κ1) is 17.3. The minimum atomic E-state index is -1.19. The van der Waals surface area contributed by atoms with Gasteiger partial charge < -0.3 is 15.6 Å². The number of fused-ring (bicyclic) bond motifs is 1. The van der Waals surface area contributed by atoms with E-state index in [-0.39, 0.29) is 17.4 Å². The van der Waals surface area contributed by atoms with Crippen LogP contribution in [0.4, 0.5) is 0 Å². The van der Waals surface area contributed by atoms with Crippen molar-refractivity contribution in [3.63, 3.8) is 0 Å². The SMILES string of the molecule is Cc1ccc2cc(C3CC(c4ccc(O)c(C(=O)O)c4)=NN3)c(Cl)nc2c1. The van der Waals surface area contributed by atoms with Crippen LogP contribution in [-0.2, 0) is 0 Å². The number of pyridine rings is 1. The molecule has 27 heavy (non-hydrogen) atoms. The Morgan fingerprint density at radius 2 is 2.04 bits per heavy atom. The van der Waals surface area contributed by atoms with E-state index < -0.39 is 5.97 Å². The van der Waals surface area contributed by atoms with Gasteiger partial charge in [0.2, 0.25) is 0 Å². The van der Waals surface area contributed by atoms with E-state index >= 15 is 0 Å². The lowest BCUT2D eigenvalue weighted by molar-refractivity contribution is 0.0693. The second-order valence-corrected chi connectivity index (χ2v) is 6.90. The number of nitrogens with zero attached hydrogens (tertiary/aromatic N) is 2. The lowest BCUT2D eigenvalue weighted by Gasteiger charge is -2.13. The molecule has 0 amide bonds. The second kappa shape index (κ2) is 6.55. The van der Waals surface area contributed by atoms with Gasteiger partial charge >= 0.3 is 5.97 Å². The number of nitrogens with one attached hydrogen (secondary N) is 1. The van der Waals surface area contributed by atoms with Gasteiger partial charge in [-0.1, -0.05) is 23.7 Å². The van der Waals surface area contributed by atoms with E-state index in [9.17, 15) is 15.0 Å². The summed E-state index contributed by atoms with van der Waals surface area (Å²) in [4.78, 5) is 15.7. The number of halogens is 1. The van der Waals surface area contributed by atoms with Gasteiger partial charge in [-0.15, -0.1) is 0 Å². The van der Waals surface area contributed by atoms with Crippen molar-refractivity contribution in [2.45, 2.75) is 19.4 Å². The zero-order chi connectivity index (χ0) is 19.1. The molecule has 0 radical (unpaired) electrons. The van der Waals surface area contributed by atoms with Crippen LogP contribution in [0.15, 0.2) is 47.6 Å². The van der Waals surface area contributed by atoms with Crippen molar-refractivity contribution in [3.8, 4) is 5.75 Å². The molecule has 0 saturated carbocycles. The van der Waals surface area contributed by atoms with Gasteiger partial charge in [0.25, 0.3) is 0 Å². The van der Waals surface area contributed by atoms with Crippen molar-refractivity contribution in [2.24, 2.45) is 5.10 Å². The minimum Gasteiger partial charge on any atom is -0.507 e. The lowest BCUT2D eigenvalue weighted by Crippen LogP contribution is -2.11. The summed E-state index contributed by atoms with van der Waals surface area (Å²) in [5.41, 5.74) is 7.03. The van der Waals surface area contributed by atoms with Gasteiger partial charge in [0.15, 0.2) is 0 Å². The molecule has 6 nitrogen and oxygen atoms in total.